The largest absolute Gasteiger partial charge is 0.573 e. The number of carbonyl (C=O) groups is 1. The number of benzene rings is 3. The molecular weight excluding hydrogens is 417 g/mol. The monoisotopic (exact) mass is 436 g/mol. The summed E-state index contributed by atoms with van der Waals surface area (Å²) in [4.78, 5) is 12.6. The van der Waals surface area contributed by atoms with Crippen LogP contribution in [0.3, 0.4) is 0 Å². The Morgan fingerprint density at radius 2 is 1.72 bits per heavy atom. The van der Waals surface area contributed by atoms with E-state index < -0.39 is 6.36 Å². The number of anilines is 1. The highest BCUT2D eigenvalue weighted by Gasteiger charge is 2.32. The van der Waals surface area contributed by atoms with Crippen LogP contribution in [0.2, 0.25) is 0 Å². The predicted molar refractivity (Wildman–Crippen MR) is 116 cm³/mol. The van der Waals surface area contributed by atoms with Gasteiger partial charge >= 0.3 is 6.36 Å². The van der Waals surface area contributed by atoms with Crippen molar-refractivity contribution in [3.63, 3.8) is 0 Å². The first-order chi connectivity index (χ1) is 15.4. The molecule has 4 nitrogen and oxygen atoms in total. The Hall–Kier alpha value is -3.74. The molecule has 0 unspecified atom stereocenters. The molecule has 0 saturated heterocycles. The summed E-state index contributed by atoms with van der Waals surface area (Å²) in [6.07, 6.45) is -2.51. The summed E-state index contributed by atoms with van der Waals surface area (Å²) in [6.45, 7) is 0.666. The molecule has 0 radical (unpaired) electrons. The lowest BCUT2D eigenvalue weighted by Crippen LogP contribution is -2.17. The van der Waals surface area contributed by atoms with Crippen LogP contribution in [0.1, 0.15) is 29.0 Å². The van der Waals surface area contributed by atoms with Gasteiger partial charge in [-0.2, -0.15) is 0 Å². The molecule has 162 valence electrons. The molecule has 0 fully saturated rings. The summed E-state index contributed by atoms with van der Waals surface area (Å²) in [6, 6.07) is 21.6. The molecule has 0 bridgehead atoms. The van der Waals surface area contributed by atoms with E-state index in [1.807, 2.05) is 42.6 Å². The standard InChI is InChI=1S/C25H19F3N2O2/c26-25(27,28)32-18-11-9-17(10-12-18)19-13-23(31)29-21-7-4-8-22-24(21)20(19)15-30(22)14-16-5-2-1-3-6-16/h1-12,15,19H,13-14H2,(H,29,31)/t19-/m1/s1. The normalized spacial score (nSPS) is 16.0. The Bertz CT molecular complexity index is 1280. The molecule has 0 saturated carbocycles. The zero-order chi connectivity index (χ0) is 22.3. The minimum absolute atomic E-state index is 0.135. The molecule has 1 aromatic heterocycles. The molecule has 4 aromatic rings. The molecule has 32 heavy (non-hydrogen) atoms. The van der Waals surface area contributed by atoms with Crippen molar-refractivity contribution in [3.05, 3.63) is 95.7 Å². The number of hydrogen-bond acceptors (Lipinski definition) is 2. The number of halogens is 3. The Labute approximate surface area is 182 Å². The van der Waals surface area contributed by atoms with E-state index in [4.69, 9.17) is 0 Å². The van der Waals surface area contributed by atoms with E-state index in [1.165, 1.54) is 12.1 Å². The smallest absolute Gasteiger partial charge is 0.406 e. The molecule has 0 aliphatic carbocycles. The Morgan fingerprint density at radius 3 is 2.44 bits per heavy atom. The number of carbonyl (C=O) groups excluding carboxylic acids is 1. The van der Waals surface area contributed by atoms with Crippen LogP contribution in [-0.2, 0) is 11.3 Å². The molecule has 5 rings (SSSR count). The second kappa shape index (κ2) is 7.75. The van der Waals surface area contributed by atoms with Gasteiger partial charge in [-0.1, -0.05) is 48.5 Å². The van der Waals surface area contributed by atoms with E-state index in [0.29, 0.717) is 6.54 Å². The van der Waals surface area contributed by atoms with Gasteiger partial charge in [0.2, 0.25) is 5.91 Å². The van der Waals surface area contributed by atoms with Crippen molar-refractivity contribution in [3.8, 4) is 5.75 Å². The van der Waals surface area contributed by atoms with Gasteiger partial charge in [0.1, 0.15) is 5.75 Å². The third-order valence-electron chi connectivity index (χ3n) is 5.69. The van der Waals surface area contributed by atoms with E-state index in [-0.39, 0.29) is 24.0 Å². The van der Waals surface area contributed by atoms with Crippen LogP contribution in [-0.4, -0.2) is 16.8 Å². The van der Waals surface area contributed by atoms with Crippen molar-refractivity contribution in [2.45, 2.75) is 25.2 Å². The van der Waals surface area contributed by atoms with Crippen LogP contribution in [0, 0.1) is 0 Å². The van der Waals surface area contributed by atoms with E-state index in [2.05, 4.69) is 26.8 Å². The fourth-order valence-electron chi connectivity index (χ4n) is 4.36. The lowest BCUT2D eigenvalue weighted by Gasteiger charge is -2.16. The number of rotatable bonds is 4. The number of amides is 1. The van der Waals surface area contributed by atoms with Crippen molar-refractivity contribution in [2.24, 2.45) is 0 Å². The van der Waals surface area contributed by atoms with Gasteiger partial charge in [0.15, 0.2) is 0 Å². The van der Waals surface area contributed by atoms with Crippen LogP contribution >= 0.6 is 0 Å². The first kappa shape index (κ1) is 20.2. The second-order valence-electron chi connectivity index (χ2n) is 7.82. The van der Waals surface area contributed by atoms with Gasteiger partial charge < -0.3 is 14.6 Å². The predicted octanol–water partition coefficient (Wildman–Crippen LogP) is 6.06. The summed E-state index contributed by atoms with van der Waals surface area (Å²) in [5.41, 5.74) is 4.60. The molecule has 1 atom stereocenters. The average molecular weight is 436 g/mol. The first-order valence-electron chi connectivity index (χ1n) is 10.2. The summed E-state index contributed by atoms with van der Waals surface area (Å²) in [5.74, 6) is -0.714. The average Bonchev–Trinajstić information content (AvgIpc) is 3.04. The van der Waals surface area contributed by atoms with E-state index in [1.54, 1.807) is 12.1 Å². The van der Waals surface area contributed by atoms with Crippen LogP contribution < -0.4 is 10.1 Å². The van der Waals surface area contributed by atoms with Crippen molar-refractivity contribution in [1.29, 1.82) is 0 Å². The maximum atomic E-state index is 12.6. The Balaban J connectivity index is 1.59. The number of ether oxygens (including phenoxy) is 1. The van der Waals surface area contributed by atoms with Crippen LogP contribution in [0.15, 0.2) is 79.0 Å². The molecule has 2 heterocycles. The van der Waals surface area contributed by atoms with Crippen molar-refractivity contribution in [2.75, 3.05) is 5.32 Å². The van der Waals surface area contributed by atoms with E-state index in [9.17, 15) is 18.0 Å². The maximum Gasteiger partial charge on any atom is 0.573 e. The lowest BCUT2D eigenvalue weighted by molar-refractivity contribution is -0.274. The van der Waals surface area contributed by atoms with Crippen molar-refractivity contribution >= 4 is 22.5 Å². The zero-order valence-corrected chi connectivity index (χ0v) is 16.9. The minimum atomic E-state index is -4.75. The zero-order valence-electron chi connectivity index (χ0n) is 16.9. The van der Waals surface area contributed by atoms with Gasteiger partial charge in [0, 0.05) is 30.5 Å². The van der Waals surface area contributed by atoms with Crippen molar-refractivity contribution < 1.29 is 22.7 Å². The van der Waals surface area contributed by atoms with Crippen LogP contribution in [0.5, 0.6) is 5.75 Å². The quantitative estimate of drug-likeness (QED) is 0.422. The second-order valence-corrected chi connectivity index (χ2v) is 7.82. The van der Waals surface area contributed by atoms with E-state index >= 15 is 0 Å². The van der Waals surface area contributed by atoms with Gasteiger partial charge in [-0.3, -0.25) is 4.79 Å². The maximum absolute atomic E-state index is 12.6. The molecular formula is C25H19F3N2O2. The fraction of sp³-hybridized carbons (Fsp3) is 0.160. The van der Waals surface area contributed by atoms with Gasteiger partial charge in [-0.05, 0) is 41.0 Å². The van der Waals surface area contributed by atoms with Gasteiger partial charge in [0.25, 0.3) is 0 Å². The highest BCUT2D eigenvalue weighted by molar-refractivity contribution is 6.06. The molecule has 1 N–H and O–H groups in total. The fourth-order valence-corrected chi connectivity index (χ4v) is 4.36. The third-order valence-corrected chi connectivity index (χ3v) is 5.69. The summed E-state index contributed by atoms with van der Waals surface area (Å²) < 4.78 is 43.7. The Kier molecular flexibility index (Phi) is 4.89. The highest BCUT2D eigenvalue weighted by Crippen LogP contribution is 2.41. The topological polar surface area (TPSA) is 43.3 Å². The highest BCUT2D eigenvalue weighted by atomic mass is 19.4. The number of aromatic nitrogens is 1. The van der Waals surface area contributed by atoms with Gasteiger partial charge in [0.05, 0.1) is 11.2 Å². The lowest BCUT2D eigenvalue weighted by atomic mass is 9.88. The molecule has 3 aromatic carbocycles. The number of hydrogen-bond donors (Lipinski definition) is 1. The molecule has 1 amide bonds. The molecule has 0 spiro atoms. The van der Waals surface area contributed by atoms with Crippen LogP contribution in [0.4, 0.5) is 18.9 Å². The summed E-state index contributed by atoms with van der Waals surface area (Å²) >= 11 is 0. The molecule has 7 heteroatoms. The first-order valence-corrected chi connectivity index (χ1v) is 10.2. The molecule has 1 aliphatic heterocycles. The SMILES string of the molecule is O=C1C[C@H](c2ccc(OC(F)(F)F)cc2)c2cn(Cc3ccccc3)c3cccc(c23)N1. The van der Waals surface area contributed by atoms with Gasteiger partial charge in [-0.15, -0.1) is 13.2 Å². The van der Waals surface area contributed by atoms with Crippen molar-refractivity contribution in [1.82, 2.24) is 4.57 Å². The van der Waals surface area contributed by atoms with Gasteiger partial charge in [-0.25, -0.2) is 0 Å². The summed E-state index contributed by atoms with van der Waals surface area (Å²) in [5, 5.41) is 3.93. The number of alkyl halides is 3. The minimum Gasteiger partial charge on any atom is -0.406 e. The number of nitrogens with zero attached hydrogens (tertiary/aromatic N) is 1. The summed E-state index contributed by atoms with van der Waals surface area (Å²) in [7, 11) is 0. The molecule has 1 aliphatic rings. The van der Waals surface area contributed by atoms with Crippen LogP contribution in [0.25, 0.3) is 10.9 Å². The Morgan fingerprint density at radius 1 is 0.969 bits per heavy atom. The van der Waals surface area contributed by atoms with E-state index in [0.717, 1.165) is 33.3 Å². The number of nitrogens with one attached hydrogen (secondary N) is 1. The third kappa shape index (κ3) is 3.93.